The van der Waals surface area contributed by atoms with E-state index in [1.54, 1.807) is 17.4 Å². The first kappa shape index (κ1) is 106. The largest absolute Gasteiger partial charge is 2.00 e. The van der Waals surface area contributed by atoms with Crippen molar-refractivity contribution in [2.24, 2.45) is 0 Å². The zero-order valence-electron chi connectivity index (χ0n) is 73.1. The van der Waals surface area contributed by atoms with Crippen LogP contribution in [0.15, 0.2) is 146 Å². The Balaban J connectivity index is 0.000000346. The summed E-state index contributed by atoms with van der Waals surface area (Å²) in [5.74, 6) is -3.19. The molecule has 0 saturated heterocycles. The van der Waals surface area contributed by atoms with Crippen LogP contribution in [0.2, 0.25) is 0 Å². The molecule has 0 aliphatic heterocycles. The normalized spacial score (nSPS) is 10.8. The number of nitrogens with zero attached hydrogens (tertiary/aromatic N) is 10. The summed E-state index contributed by atoms with van der Waals surface area (Å²) < 4.78 is 14.6. The summed E-state index contributed by atoms with van der Waals surface area (Å²) in [6.07, 6.45) is 29.1. The number of thiophene rings is 4. The minimum Gasteiger partial charge on any atom is -0.753 e. The molecule has 0 amide bonds. The molecule has 0 unspecified atom stereocenters. The van der Waals surface area contributed by atoms with E-state index in [0.29, 0.717) is 47.2 Å². The van der Waals surface area contributed by atoms with Crippen molar-refractivity contribution >= 4 is 139 Å². The Morgan fingerprint density at radius 3 is 1.15 bits per heavy atom. The molecule has 9 aromatic heterocycles. The van der Waals surface area contributed by atoms with Gasteiger partial charge in [-0.3, -0.25) is 29.5 Å². The van der Waals surface area contributed by atoms with E-state index >= 15 is 0 Å². The molecule has 0 aliphatic carbocycles. The van der Waals surface area contributed by atoms with Gasteiger partial charge < -0.3 is 58.7 Å². The maximum absolute atomic E-state index is 11.4. The van der Waals surface area contributed by atoms with Crippen molar-refractivity contribution in [2.45, 2.75) is 199 Å². The number of nitriles is 1. The predicted molar refractivity (Wildman–Crippen MR) is 506 cm³/mol. The van der Waals surface area contributed by atoms with Gasteiger partial charge in [0.15, 0.2) is 0 Å². The standard InChI is InChI=1S/C38H30N2O2S4.2C16H36N.2C12H8N2O4.2CNS.Ru/c1-6-40-28-10-8-7-9-26(28)27-17-24(11-12-29(27)40)31-14-21(3)36(44-31)33-16-23(5)37(46-33)34-15-22(4)35(45-34)32-13-20(2)30(43-32)18-25(19-39)38(41)42;2*1-5-9-13-17(14-10-6-2,15-11-7-3)16-12-8-4;2*15-7-18-9-2-4-14-11(6-9)10-5-8(12(16)17)1-3-13-10;2*2-1-3;/h7-18H,6H2,1-5H3,(H,41,42);2*5-16H2,1-4H3;2*1-7H,(H,16,17);;;/q;2*+1;;;2*-1;+2/p-2/b25-18+;;;;;;;. The number of carboxylic acid groups (broad SMARTS) is 3. The SMILES string of the molecule is CCCC[N+](CCCC)(CCCC)CCCC.CCCC[N+](CCCC)(CCCC)CCCC.CCn1c2ccccc2c2cc(-c3cc(C)c(-c4cc(C)c(-c5cc(C)c(-c6cc(C)c(/C=C(\C#N)C(=O)O)s6)s5)s4)s3)ccc21.O=COc1ccnc(-c2cc(C(=O)[O-])ccn2)c1.O=COc1ccnc(-c2cc(C(=O)[O-])ccn2)c1.[N-]=C=S.[N-]=C=S.[Ru+2]. The number of carboxylic acids is 3. The molecule has 654 valence electrons. The zero-order chi connectivity index (χ0) is 89.6. The minimum atomic E-state index is -1.29. The van der Waals surface area contributed by atoms with Crippen LogP contribution in [0.1, 0.15) is 213 Å². The number of para-hydroxylation sites is 1. The van der Waals surface area contributed by atoms with E-state index in [9.17, 15) is 44.6 Å². The van der Waals surface area contributed by atoms with Crippen LogP contribution in [0.25, 0.3) is 101 Å². The van der Waals surface area contributed by atoms with Gasteiger partial charge in [-0.05, 0) is 199 Å². The molecule has 2 aromatic carbocycles. The molecular formula is C96H116N10O10RuS6. The first-order valence-electron chi connectivity index (χ1n) is 41.9. The average molecular weight is 1860 g/mol. The van der Waals surface area contributed by atoms with Crippen LogP contribution in [-0.2, 0) is 40.4 Å². The monoisotopic (exact) mass is 1860 g/mol. The number of isothiocyanates is 2. The third-order valence-electron chi connectivity index (χ3n) is 20.6. The third-order valence-corrected chi connectivity index (χ3v) is 26.1. The van der Waals surface area contributed by atoms with E-state index in [4.69, 9.17) is 10.8 Å². The molecule has 0 atom stereocenters. The van der Waals surface area contributed by atoms with Crippen molar-refractivity contribution in [3.05, 3.63) is 195 Å². The van der Waals surface area contributed by atoms with Crippen molar-refractivity contribution in [3.63, 3.8) is 0 Å². The van der Waals surface area contributed by atoms with Gasteiger partial charge >= 0.3 is 25.4 Å². The molecule has 0 fully saturated rings. The van der Waals surface area contributed by atoms with E-state index in [2.05, 4.69) is 208 Å². The Hall–Kier alpha value is -9.64. The molecule has 0 radical (unpaired) electrons. The Labute approximate surface area is 766 Å². The summed E-state index contributed by atoms with van der Waals surface area (Å²) in [6, 6.07) is 37.7. The fraction of sp³-hybridized carbons (Fsp3) is 0.396. The quantitative estimate of drug-likeness (QED) is 0.00712. The molecule has 9 heterocycles. The van der Waals surface area contributed by atoms with Gasteiger partial charge in [-0.2, -0.15) is 15.6 Å². The fourth-order valence-corrected chi connectivity index (χ4v) is 19.3. The number of rotatable bonds is 39. The Kier molecular flexibility index (Phi) is 49.0. The topological polar surface area (TPSA) is 295 Å². The number of carbonyl (C=O) groups excluding carboxylic acids is 4. The number of benzene rings is 2. The molecule has 0 bridgehead atoms. The fourth-order valence-electron chi connectivity index (χ4n) is 14.2. The Morgan fingerprint density at radius 2 is 0.805 bits per heavy atom. The summed E-state index contributed by atoms with van der Waals surface area (Å²) in [6.45, 7) is 42.3. The van der Waals surface area contributed by atoms with E-state index < -0.39 is 17.9 Å². The van der Waals surface area contributed by atoms with E-state index in [-0.39, 0.29) is 36.2 Å². The number of hydrogen-bond acceptors (Lipinski definition) is 20. The number of aryl methyl sites for hydroxylation is 5. The van der Waals surface area contributed by atoms with Gasteiger partial charge in [0.1, 0.15) is 23.1 Å². The first-order chi connectivity index (χ1) is 58.9. The van der Waals surface area contributed by atoms with Crippen molar-refractivity contribution in [1.29, 1.82) is 5.26 Å². The predicted octanol–water partition coefficient (Wildman–Crippen LogP) is 23.4. The molecule has 27 heteroatoms. The van der Waals surface area contributed by atoms with Crippen LogP contribution < -0.4 is 19.7 Å². The second-order valence-electron chi connectivity index (χ2n) is 29.6. The molecule has 11 rings (SSSR count). The number of aromatic nitrogens is 5. The number of thiocarbonyl (C=S) groups is 2. The molecule has 1 N–H and O–H groups in total. The average Bonchev–Trinajstić information content (AvgIpc) is 1.60. The Morgan fingerprint density at radius 1 is 0.472 bits per heavy atom. The number of hydrogen-bond donors (Lipinski definition) is 1. The number of pyridine rings is 4. The van der Waals surface area contributed by atoms with E-state index in [0.717, 1.165) is 21.9 Å². The molecule has 11 aromatic rings. The summed E-state index contributed by atoms with van der Waals surface area (Å²) in [7, 11) is 0. The van der Waals surface area contributed by atoms with Crippen molar-refractivity contribution < 1.29 is 77.2 Å². The number of aromatic carboxylic acids is 2. The van der Waals surface area contributed by atoms with Gasteiger partial charge in [0, 0.05) is 115 Å². The van der Waals surface area contributed by atoms with E-state index in [1.165, 1.54) is 338 Å². The number of carbonyl (C=O) groups is 5. The maximum Gasteiger partial charge on any atom is 2.00 e. The van der Waals surface area contributed by atoms with E-state index in [1.807, 2.05) is 29.6 Å². The van der Waals surface area contributed by atoms with Crippen LogP contribution in [-0.4, -0.2) is 132 Å². The van der Waals surface area contributed by atoms with Gasteiger partial charge in [0.25, 0.3) is 12.9 Å². The van der Waals surface area contributed by atoms with Gasteiger partial charge in [-0.15, -0.1) is 45.3 Å². The van der Waals surface area contributed by atoms with Crippen LogP contribution in [0.4, 0.5) is 0 Å². The zero-order valence-corrected chi connectivity index (χ0v) is 79.7. The van der Waals surface area contributed by atoms with Gasteiger partial charge in [0.05, 0.1) is 87.1 Å². The van der Waals surface area contributed by atoms with Crippen LogP contribution >= 0.6 is 69.8 Å². The summed E-state index contributed by atoms with van der Waals surface area (Å²) in [5, 5.41) is 59.5. The Bertz CT molecular complexity index is 5070. The first-order valence-corrected chi connectivity index (χ1v) is 46.0. The molecule has 123 heavy (non-hydrogen) atoms. The number of quaternary nitrogens is 2. The summed E-state index contributed by atoms with van der Waals surface area (Å²) in [5.41, 5.74) is 9.80. The number of unbranched alkanes of at least 4 members (excludes halogenated alkanes) is 8. The second-order valence-corrected chi connectivity index (χ2v) is 34.2. The second kappa shape index (κ2) is 57.0. The molecule has 0 aliphatic rings. The number of fused-ring (bicyclic) bond motifs is 3. The smallest absolute Gasteiger partial charge is 0.753 e. The third kappa shape index (κ3) is 32.8. The summed E-state index contributed by atoms with van der Waals surface area (Å²) >= 11 is 14.4. The molecule has 0 spiro atoms. The van der Waals surface area contributed by atoms with Crippen LogP contribution in [0.3, 0.4) is 0 Å². The van der Waals surface area contributed by atoms with Gasteiger partial charge in [-0.1, -0.05) is 155 Å². The van der Waals surface area contributed by atoms with Crippen molar-refractivity contribution in [2.75, 3.05) is 52.4 Å². The van der Waals surface area contributed by atoms with Crippen molar-refractivity contribution in [3.8, 4) is 80.0 Å². The molecule has 20 nitrogen and oxygen atoms in total. The molecular weight excluding hydrogens is 1750 g/mol. The van der Waals surface area contributed by atoms with Crippen LogP contribution in [0.5, 0.6) is 11.5 Å². The molecule has 0 saturated carbocycles. The number of aliphatic carboxylic acids is 1. The number of ether oxygens (including phenoxy) is 2. The maximum atomic E-state index is 11.4. The summed E-state index contributed by atoms with van der Waals surface area (Å²) in [4.78, 5) is 78.8. The van der Waals surface area contributed by atoms with Gasteiger partial charge in [-0.25, -0.2) is 4.79 Å². The van der Waals surface area contributed by atoms with Gasteiger partial charge in [0.2, 0.25) is 0 Å². The van der Waals surface area contributed by atoms with Crippen LogP contribution in [0, 0.1) is 39.0 Å². The minimum absolute atomic E-state index is 0. The van der Waals surface area contributed by atoms with Crippen molar-refractivity contribution in [1.82, 2.24) is 24.5 Å².